The zero-order valence-corrected chi connectivity index (χ0v) is 12.2. The molecule has 0 unspecified atom stereocenters. The van der Waals surface area contributed by atoms with Gasteiger partial charge in [0.1, 0.15) is 0 Å². The molecule has 2 aromatic rings. The van der Waals surface area contributed by atoms with Crippen LogP contribution in [0.3, 0.4) is 0 Å². The number of hydrogen-bond acceptors (Lipinski definition) is 2. The van der Waals surface area contributed by atoms with Crippen molar-refractivity contribution in [3.05, 3.63) is 34.5 Å². The summed E-state index contributed by atoms with van der Waals surface area (Å²) in [7, 11) is 0. The van der Waals surface area contributed by atoms with E-state index < -0.39 is 0 Å². The van der Waals surface area contributed by atoms with Crippen LogP contribution in [0.25, 0.3) is 11.0 Å². The van der Waals surface area contributed by atoms with Crippen molar-refractivity contribution in [1.82, 2.24) is 5.32 Å². The van der Waals surface area contributed by atoms with Crippen molar-refractivity contribution in [2.45, 2.75) is 39.7 Å². The second kappa shape index (κ2) is 4.94. The molecule has 1 aromatic heterocycles. The van der Waals surface area contributed by atoms with Crippen LogP contribution in [0.1, 0.15) is 31.9 Å². The summed E-state index contributed by atoms with van der Waals surface area (Å²) in [4.78, 5) is 0. The molecule has 0 saturated heterocycles. The second-order valence-electron chi connectivity index (χ2n) is 5.76. The van der Waals surface area contributed by atoms with Gasteiger partial charge in [0.15, 0.2) is 5.58 Å². The number of furan rings is 1. The molecule has 0 aliphatic rings. The number of rotatable bonds is 3. The van der Waals surface area contributed by atoms with Gasteiger partial charge >= 0.3 is 0 Å². The Kier molecular flexibility index (Phi) is 3.69. The molecule has 0 atom stereocenters. The number of hydrogen-bond donors (Lipinski definition) is 1. The fourth-order valence-corrected chi connectivity index (χ4v) is 2.32. The molecular weight excluding hydrogens is 246 g/mol. The highest BCUT2D eigenvalue weighted by Gasteiger charge is 2.13. The van der Waals surface area contributed by atoms with Crippen LogP contribution in [0.15, 0.2) is 22.8 Å². The summed E-state index contributed by atoms with van der Waals surface area (Å²) in [5.74, 6) is 0. The van der Waals surface area contributed by atoms with Crippen LogP contribution in [0, 0.1) is 6.92 Å². The van der Waals surface area contributed by atoms with E-state index in [1.54, 1.807) is 0 Å². The Bertz CT molecular complexity index is 551. The summed E-state index contributed by atoms with van der Waals surface area (Å²) in [5.41, 5.74) is 3.39. The predicted molar refractivity (Wildman–Crippen MR) is 77.4 cm³/mol. The van der Waals surface area contributed by atoms with E-state index in [9.17, 15) is 0 Å². The van der Waals surface area contributed by atoms with Gasteiger partial charge < -0.3 is 9.73 Å². The number of aryl methyl sites for hydroxylation is 1. The van der Waals surface area contributed by atoms with Crippen molar-refractivity contribution in [2.24, 2.45) is 0 Å². The van der Waals surface area contributed by atoms with E-state index in [-0.39, 0.29) is 5.54 Å². The highest BCUT2D eigenvalue weighted by molar-refractivity contribution is 6.35. The van der Waals surface area contributed by atoms with Crippen LogP contribution >= 0.6 is 11.6 Å². The van der Waals surface area contributed by atoms with E-state index in [0.29, 0.717) is 5.02 Å². The third-order valence-electron chi connectivity index (χ3n) is 3.01. The lowest BCUT2D eigenvalue weighted by molar-refractivity contribution is 0.429. The summed E-state index contributed by atoms with van der Waals surface area (Å²) in [6.07, 6.45) is 2.78. The molecule has 0 aliphatic carbocycles. The molecule has 1 aromatic carbocycles. The van der Waals surface area contributed by atoms with E-state index in [0.717, 1.165) is 18.5 Å². The molecule has 2 rings (SSSR count). The molecule has 1 heterocycles. The van der Waals surface area contributed by atoms with Crippen molar-refractivity contribution in [2.75, 3.05) is 6.54 Å². The first kappa shape index (κ1) is 13.4. The standard InChI is InChI=1S/C15H20ClNO/c1-10-5-6-12(16)14-13(10)11(9-18-14)7-8-17-15(2,3)4/h5-6,9,17H,7-8H2,1-4H3. The van der Waals surface area contributed by atoms with Crippen molar-refractivity contribution in [3.8, 4) is 0 Å². The minimum atomic E-state index is 0.145. The molecule has 98 valence electrons. The van der Waals surface area contributed by atoms with Gasteiger partial charge in [-0.15, -0.1) is 0 Å². The Hall–Kier alpha value is -0.990. The van der Waals surface area contributed by atoms with Gasteiger partial charge in [-0.05, 0) is 57.9 Å². The topological polar surface area (TPSA) is 25.2 Å². The van der Waals surface area contributed by atoms with Crippen molar-refractivity contribution >= 4 is 22.6 Å². The number of halogens is 1. The first-order valence-electron chi connectivity index (χ1n) is 6.29. The van der Waals surface area contributed by atoms with Gasteiger partial charge in [-0.25, -0.2) is 0 Å². The summed E-state index contributed by atoms with van der Waals surface area (Å²) >= 11 is 6.14. The van der Waals surface area contributed by atoms with Gasteiger partial charge in [-0.2, -0.15) is 0 Å². The van der Waals surface area contributed by atoms with Crippen LogP contribution in [0.5, 0.6) is 0 Å². The lowest BCUT2D eigenvalue weighted by Crippen LogP contribution is -2.37. The zero-order valence-electron chi connectivity index (χ0n) is 11.4. The molecular formula is C15H20ClNO. The predicted octanol–water partition coefficient (Wildman–Crippen LogP) is 4.33. The summed E-state index contributed by atoms with van der Waals surface area (Å²) in [6, 6.07) is 3.93. The monoisotopic (exact) mass is 265 g/mol. The van der Waals surface area contributed by atoms with E-state index in [2.05, 4.69) is 33.0 Å². The SMILES string of the molecule is Cc1ccc(Cl)c2occ(CCNC(C)(C)C)c12. The van der Waals surface area contributed by atoms with Crippen LogP contribution in [0.4, 0.5) is 0 Å². The summed E-state index contributed by atoms with van der Waals surface area (Å²) < 4.78 is 5.58. The number of nitrogens with one attached hydrogen (secondary N) is 1. The first-order chi connectivity index (χ1) is 8.38. The third kappa shape index (κ3) is 2.88. The maximum Gasteiger partial charge on any atom is 0.152 e. The van der Waals surface area contributed by atoms with E-state index in [1.807, 2.05) is 18.4 Å². The Morgan fingerprint density at radius 2 is 2.00 bits per heavy atom. The normalized spacial score (nSPS) is 12.3. The molecule has 18 heavy (non-hydrogen) atoms. The maximum absolute atomic E-state index is 6.14. The minimum Gasteiger partial charge on any atom is -0.462 e. The smallest absolute Gasteiger partial charge is 0.152 e. The van der Waals surface area contributed by atoms with E-state index in [1.165, 1.54) is 16.5 Å². The van der Waals surface area contributed by atoms with Crippen LogP contribution in [-0.2, 0) is 6.42 Å². The Balaban J connectivity index is 2.22. The highest BCUT2D eigenvalue weighted by Crippen LogP contribution is 2.30. The molecule has 3 heteroatoms. The molecule has 1 N–H and O–H groups in total. The van der Waals surface area contributed by atoms with Gasteiger partial charge in [0.05, 0.1) is 11.3 Å². The minimum absolute atomic E-state index is 0.145. The second-order valence-corrected chi connectivity index (χ2v) is 6.16. The average molecular weight is 266 g/mol. The average Bonchev–Trinajstić information content (AvgIpc) is 2.67. The third-order valence-corrected chi connectivity index (χ3v) is 3.31. The summed E-state index contributed by atoms with van der Waals surface area (Å²) in [6.45, 7) is 9.53. The Morgan fingerprint density at radius 1 is 1.28 bits per heavy atom. The van der Waals surface area contributed by atoms with Gasteiger partial charge in [-0.3, -0.25) is 0 Å². The largest absolute Gasteiger partial charge is 0.462 e. The van der Waals surface area contributed by atoms with Crippen LogP contribution in [-0.4, -0.2) is 12.1 Å². The molecule has 0 amide bonds. The van der Waals surface area contributed by atoms with Gasteiger partial charge in [0.25, 0.3) is 0 Å². The van der Waals surface area contributed by atoms with Gasteiger partial charge in [0, 0.05) is 10.9 Å². The van der Waals surface area contributed by atoms with E-state index in [4.69, 9.17) is 16.0 Å². The molecule has 2 nitrogen and oxygen atoms in total. The molecule has 0 saturated carbocycles. The summed E-state index contributed by atoms with van der Waals surface area (Å²) in [5, 5.41) is 5.34. The lowest BCUT2D eigenvalue weighted by Gasteiger charge is -2.20. The van der Waals surface area contributed by atoms with Crippen molar-refractivity contribution < 1.29 is 4.42 Å². The van der Waals surface area contributed by atoms with Crippen LogP contribution < -0.4 is 5.32 Å². The molecule has 0 fully saturated rings. The Morgan fingerprint density at radius 3 is 2.67 bits per heavy atom. The number of fused-ring (bicyclic) bond motifs is 1. The zero-order chi connectivity index (χ0) is 13.3. The molecule has 0 radical (unpaired) electrons. The first-order valence-corrected chi connectivity index (χ1v) is 6.66. The lowest BCUT2D eigenvalue weighted by atomic mass is 10.0. The molecule has 0 bridgehead atoms. The quantitative estimate of drug-likeness (QED) is 0.894. The van der Waals surface area contributed by atoms with Crippen molar-refractivity contribution in [3.63, 3.8) is 0 Å². The molecule has 0 spiro atoms. The van der Waals surface area contributed by atoms with E-state index >= 15 is 0 Å². The maximum atomic E-state index is 6.14. The highest BCUT2D eigenvalue weighted by atomic mass is 35.5. The van der Waals surface area contributed by atoms with Gasteiger partial charge in [-0.1, -0.05) is 17.7 Å². The molecule has 0 aliphatic heterocycles. The fraction of sp³-hybridized carbons (Fsp3) is 0.467. The van der Waals surface area contributed by atoms with Crippen LogP contribution in [0.2, 0.25) is 5.02 Å². The van der Waals surface area contributed by atoms with Gasteiger partial charge in [0.2, 0.25) is 0 Å². The number of benzene rings is 1. The Labute approximate surface area is 113 Å². The van der Waals surface area contributed by atoms with Crippen molar-refractivity contribution in [1.29, 1.82) is 0 Å². The fourth-order valence-electron chi connectivity index (χ4n) is 2.12.